The molecular weight excluding hydrogens is 536 g/mol. The molecule has 2 aromatic heterocycles. The second kappa shape index (κ2) is 13.3. The lowest BCUT2D eigenvalue weighted by Gasteiger charge is -2.33. The van der Waals surface area contributed by atoms with Crippen LogP contribution < -0.4 is 16.0 Å². The van der Waals surface area contributed by atoms with Gasteiger partial charge in [0, 0.05) is 0 Å². The quantitative estimate of drug-likeness (QED) is 0.346. The van der Waals surface area contributed by atoms with Crippen LogP contribution in [0.1, 0.15) is 85.3 Å². The van der Waals surface area contributed by atoms with E-state index in [2.05, 4.69) is 20.9 Å². The van der Waals surface area contributed by atoms with Gasteiger partial charge in [-0.15, -0.1) is 0 Å². The molecule has 2 aliphatic carbocycles. The molecule has 0 aromatic carbocycles. The number of esters is 1. The van der Waals surface area contributed by atoms with Crippen molar-refractivity contribution >= 4 is 35.6 Å². The van der Waals surface area contributed by atoms with Gasteiger partial charge in [-0.3, -0.25) is 14.4 Å². The number of nitrogens with zero attached hydrogens (tertiary/aromatic N) is 1. The van der Waals surface area contributed by atoms with Crippen LogP contribution in [-0.4, -0.2) is 64.8 Å². The summed E-state index contributed by atoms with van der Waals surface area (Å²) in [6.07, 6.45) is 10.7. The zero-order valence-electron chi connectivity index (χ0n) is 22.6. The molecule has 1 aliphatic heterocycles. The summed E-state index contributed by atoms with van der Waals surface area (Å²) in [5, 5.41) is 16.9. The van der Waals surface area contributed by atoms with Gasteiger partial charge in [-0.05, 0) is 49.9 Å². The van der Waals surface area contributed by atoms with Crippen LogP contribution in [0.15, 0.2) is 50.6 Å². The van der Waals surface area contributed by atoms with Crippen molar-refractivity contribution in [2.24, 2.45) is 4.99 Å². The molecule has 5 rings (SSSR count). The monoisotopic (exact) mass is 570 g/mol. The van der Waals surface area contributed by atoms with E-state index in [-0.39, 0.29) is 42.4 Å². The van der Waals surface area contributed by atoms with Crippen LogP contribution in [0.3, 0.4) is 0 Å². The number of furan rings is 2. The van der Waals surface area contributed by atoms with Crippen molar-refractivity contribution in [3.8, 4) is 0 Å². The number of aliphatic carboxylic acids is 1. The van der Waals surface area contributed by atoms with E-state index in [4.69, 9.17) is 13.6 Å². The predicted octanol–water partition coefficient (Wildman–Crippen LogP) is 2.58. The molecule has 0 radical (unpaired) electrons. The molecule has 0 bridgehead atoms. The van der Waals surface area contributed by atoms with Gasteiger partial charge < -0.3 is 34.6 Å². The Morgan fingerprint density at radius 2 is 1.39 bits per heavy atom. The van der Waals surface area contributed by atoms with Crippen molar-refractivity contribution in [3.63, 3.8) is 0 Å². The number of aliphatic imine (C=N–C) groups is 1. The Bertz CT molecular complexity index is 1260. The molecule has 41 heavy (non-hydrogen) atoms. The number of ether oxygens (including phenoxy) is 1. The molecule has 0 atom stereocenters. The number of cyclic esters (lactones) is 1. The van der Waals surface area contributed by atoms with Crippen molar-refractivity contribution in [1.82, 2.24) is 16.0 Å². The first kappa shape index (κ1) is 29.6. The van der Waals surface area contributed by atoms with Gasteiger partial charge >= 0.3 is 11.9 Å². The van der Waals surface area contributed by atoms with E-state index in [1.54, 1.807) is 18.2 Å². The summed E-state index contributed by atoms with van der Waals surface area (Å²) in [7, 11) is 0. The number of amides is 3. The lowest BCUT2D eigenvalue weighted by molar-refractivity contribution is -0.149. The van der Waals surface area contributed by atoms with Gasteiger partial charge in [0.15, 0.2) is 17.1 Å². The molecule has 4 N–H and O–H groups in total. The number of hydrogen-bond acceptors (Lipinski definition) is 9. The number of carbonyl (C=O) groups is 5. The van der Waals surface area contributed by atoms with Crippen LogP contribution >= 0.6 is 0 Å². The van der Waals surface area contributed by atoms with Crippen molar-refractivity contribution < 1.29 is 42.7 Å². The average molecular weight is 571 g/mol. The minimum atomic E-state index is -1.20. The first-order chi connectivity index (χ1) is 19.7. The van der Waals surface area contributed by atoms with Gasteiger partial charge in [0.05, 0.1) is 25.6 Å². The minimum Gasteiger partial charge on any atom is -0.480 e. The summed E-state index contributed by atoms with van der Waals surface area (Å²) in [6.45, 7) is -0.179. The standard InChI is InChI=1S/C14H18N2O5.C14H16N2O4/c17-11(9-15-12(18)10-5-4-8-21-10)16-14(13(19)20)6-2-1-3-7-14;17-12(10-5-4-8-19-10)15-9-11-16-14(13(18)20-11)6-2-1-3-7-14/h4-5,8H,1-3,6-7,9H2,(H,15,18)(H,16,17)(H,19,20);4-5,8H,1-3,6-7,9H2,(H,15,17). The topological polar surface area (TPSA) is 190 Å². The molecule has 13 heteroatoms. The summed E-state index contributed by atoms with van der Waals surface area (Å²) in [5.74, 6) is -2.05. The Kier molecular flexibility index (Phi) is 9.58. The third kappa shape index (κ3) is 7.41. The highest BCUT2D eigenvalue weighted by Gasteiger charge is 2.46. The molecule has 13 nitrogen and oxygen atoms in total. The van der Waals surface area contributed by atoms with E-state index in [0.717, 1.165) is 51.4 Å². The lowest BCUT2D eigenvalue weighted by Crippen LogP contribution is -2.57. The van der Waals surface area contributed by atoms with Crippen LogP contribution in [-0.2, 0) is 19.1 Å². The maximum atomic E-state index is 12.0. The van der Waals surface area contributed by atoms with E-state index in [1.807, 2.05) is 0 Å². The normalized spacial score (nSPS) is 18.7. The molecule has 2 fully saturated rings. The first-order valence-electron chi connectivity index (χ1n) is 13.7. The minimum absolute atomic E-state index is 0.104. The summed E-state index contributed by atoms with van der Waals surface area (Å²) < 4.78 is 15.1. The fraction of sp³-hybridized carbons (Fsp3) is 0.500. The highest BCUT2D eigenvalue weighted by atomic mass is 16.6. The molecule has 2 aromatic rings. The van der Waals surface area contributed by atoms with Gasteiger partial charge in [0.25, 0.3) is 11.8 Å². The fourth-order valence-corrected chi connectivity index (χ4v) is 5.20. The van der Waals surface area contributed by atoms with Crippen LogP contribution in [0.4, 0.5) is 0 Å². The molecule has 220 valence electrons. The van der Waals surface area contributed by atoms with E-state index < -0.39 is 28.9 Å². The maximum Gasteiger partial charge on any atom is 0.340 e. The van der Waals surface area contributed by atoms with E-state index in [1.165, 1.54) is 18.6 Å². The van der Waals surface area contributed by atoms with Crippen LogP contribution in [0.25, 0.3) is 0 Å². The number of carboxylic acids is 1. The van der Waals surface area contributed by atoms with Gasteiger partial charge in [0.1, 0.15) is 5.54 Å². The maximum absolute atomic E-state index is 12.0. The van der Waals surface area contributed by atoms with Crippen LogP contribution in [0.2, 0.25) is 0 Å². The zero-order chi connectivity index (χ0) is 29.3. The van der Waals surface area contributed by atoms with Crippen molar-refractivity contribution in [2.45, 2.75) is 75.3 Å². The lowest BCUT2D eigenvalue weighted by atomic mass is 9.81. The average Bonchev–Trinajstić information content (AvgIpc) is 3.75. The number of rotatable bonds is 8. The Labute approximate surface area is 236 Å². The molecule has 2 saturated carbocycles. The Morgan fingerprint density at radius 1 is 0.829 bits per heavy atom. The SMILES string of the molecule is O=C(CNC(=O)c1ccco1)NC1(C(=O)O)CCCCC1.O=C(NCC1=NC2(CCCCC2)C(=O)O1)c1ccco1. The Hall–Kier alpha value is -4.42. The van der Waals surface area contributed by atoms with Gasteiger partial charge in [-0.25, -0.2) is 14.6 Å². The summed E-state index contributed by atoms with van der Waals surface area (Å²) in [5.41, 5.74) is -1.90. The van der Waals surface area contributed by atoms with E-state index >= 15 is 0 Å². The highest BCUT2D eigenvalue weighted by molar-refractivity contribution is 6.02. The van der Waals surface area contributed by atoms with Crippen molar-refractivity contribution in [1.29, 1.82) is 0 Å². The van der Waals surface area contributed by atoms with Gasteiger partial charge in [-0.1, -0.05) is 38.5 Å². The zero-order valence-corrected chi connectivity index (χ0v) is 22.6. The summed E-state index contributed by atoms with van der Waals surface area (Å²) in [4.78, 5) is 63.0. The number of hydrogen-bond donors (Lipinski definition) is 4. The van der Waals surface area contributed by atoms with Crippen molar-refractivity contribution in [3.05, 3.63) is 48.3 Å². The number of nitrogens with one attached hydrogen (secondary N) is 3. The van der Waals surface area contributed by atoms with Crippen molar-refractivity contribution in [2.75, 3.05) is 13.1 Å². The summed E-state index contributed by atoms with van der Waals surface area (Å²) >= 11 is 0. The Balaban J connectivity index is 0.000000189. The van der Waals surface area contributed by atoms with Crippen LogP contribution in [0, 0.1) is 0 Å². The first-order valence-corrected chi connectivity index (χ1v) is 13.7. The van der Waals surface area contributed by atoms with Gasteiger partial charge in [0.2, 0.25) is 11.8 Å². The summed E-state index contributed by atoms with van der Waals surface area (Å²) in [6, 6.07) is 6.25. The molecule has 0 unspecified atom stereocenters. The second-order valence-electron chi connectivity index (χ2n) is 10.3. The molecule has 3 aliphatic rings. The third-order valence-corrected chi connectivity index (χ3v) is 7.40. The number of carbonyl (C=O) groups excluding carboxylic acids is 4. The largest absolute Gasteiger partial charge is 0.480 e. The van der Waals surface area contributed by atoms with E-state index in [0.29, 0.717) is 12.8 Å². The molecule has 0 saturated heterocycles. The van der Waals surface area contributed by atoms with Crippen LogP contribution in [0.5, 0.6) is 0 Å². The second-order valence-corrected chi connectivity index (χ2v) is 10.3. The molecular formula is C28H34N4O9. The predicted molar refractivity (Wildman–Crippen MR) is 143 cm³/mol. The smallest absolute Gasteiger partial charge is 0.340 e. The number of carboxylic acid groups (broad SMARTS) is 1. The highest BCUT2D eigenvalue weighted by Crippen LogP contribution is 2.36. The third-order valence-electron chi connectivity index (χ3n) is 7.40. The molecule has 1 spiro atoms. The van der Waals surface area contributed by atoms with Gasteiger partial charge in [-0.2, -0.15) is 0 Å². The van der Waals surface area contributed by atoms with E-state index in [9.17, 15) is 29.1 Å². The molecule has 3 amide bonds. The molecule has 3 heterocycles. The fourth-order valence-electron chi connectivity index (χ4n) is 5.20. The Morgan fingerprint density at radius 3 is 1.93 bits per heavy atom.